The van der Waals surface area contributed by atoms with Gasteiger partial charge < -0.3 is 5.32 Å². The molecule has 3 aromatic rings. The fourth-order valence-corrected chi connectivity index (χ4v) is 4.21. The first-order valence-electron chi connectivity index (χ1n) is 8.01. The zero-order valence-electron chi connectivity index (χ0n) is 14.6. The number of pyridine rings is 1. The second-order valence-corrected chi connectivity index (χ2v) is 7.89. The lowest BCUT2D eigenvalue weighted by atomic mass is 10.1. The first-order chi connectivity index (χ1) is 12.9. The zero-order chi connectivity index (χ0) is 19.4. The van der Waals surface area contributed by atoms with Crippen molar-refractivity contribution in [2.75, 3.05) is 0 Å². The highest BCUT2D eigenvalue weighted by atomic mass is 32.2. The lowest BCUT2D eigenvalue weighted by Gasteiger charge is -2.08. The average Bonchev–Trinajstić information content (AvgIpc) is 3.05. The molecule has 27 heavy (non-hydrogen) atoms. The third-order valence-corrected chi connectivity index (χ3v) is 5.87. The third-order valence-electron chi connectivity index (χ3n) is 3.75. The van der Waals surface area contributed by atoms with Gasteiger partial charge >= 0.3 is 0 Å². The maximum atomic E-state index is 12.4. The largest absolute Gasteiger partial charge is 0.346 e. The Bertz CT molecular complexity index is 1000. The molecule has 1 amide bonds. The number of carbonyl (C=O) groups is 1. The number of amides is 1. The van der Waals surface area contributed by atoms with E-state index >= 15 is 0 Å². The number of aromatic nitrogens is 2. The van der Waals surface area contributed by atoms with Gasteiger partial charge in [0.2, 0.25) is 0 Å². The van der Waals surface area contributed by atoms with Crippen LogP contribution in [0.25, 0.3) is 0 Å². The molecule has 0 saturated carbocycles. The van der Waals surface area contributed by atoms with E-state index in [-0.39, 0.29) is 23.7 Å². The van der Waals surface area contributed by atoms with Gasteiger partial charge in [-0.25, -0.2) is 4.98 Å². The van der Waals surface area contributed by atoms with Gasteiger partial charge in [-0.15, -0.1) is 11.3 Å². The predicted molar refractivity (Wildman–Crippen MR) is 104 cm³/mol. The number of aryl methyl sites for hydroxylation is 2. The lowest BCUT2D eigenvalue weighted by molar-refractivity contribution is -0.387. The van der Waals surface area contributed by atoms with Crippen LogP contribution >= 0.6 is 23.1 Å². The molecule has 0 radical (unpaired) electrons. The molecule has 1 aromatic carbocycles. The Labute approximate surface area is 164 Å². The highest BCUT2D eigenvalue weighted by molar-refractivity contribution is 8.01. The van der Waals surface area contributed by atoms with Crippen LogP contribution in [0.1, 0.15) is 27.3 Å². The summed E-state index contributed by atoms with van der Waals surface area (Å²) in [6.45, 7) is 4.03. The van der Waals surface area contributed by atoms with Gasteiger partial charge in [-0.2, -0.15) is 0 Å². The average molecular weight is 400 g/mol. The summed E-state index contributed by atoms with van der Waals surface area (Å²) >= 11 is 2.65. The van der Waals surface area contributed by atoms with Crippen molar-refractivity contribution >= 4 is 34.7 Å². The summed E-state index contributed by atoms with van der Waals surface area (Å²) < 4.78 is 0.721. The number of carbonyl (C=O) groups excluding carboxylic acids is 1. The summed E-state index contributed by atoms with van der Waals surface area (Å²) in [6, 6.07) is 8.19. The Morgan fingerprint density at radius 3 is 2.81 bits per heavy atom. The van der Waals surface area contributed by atoms with Crippen molar-refractivity contribution in [2.24, 2.45) is 0 Å². The van der Waals surface area contributed by atoms with Gasteiger partial charge in [-0.05, 0) is 37.6 Å². The molecule has 0 unspecified atom stereocenters. The number of nitrogens with zero attached hydrogens (tertiary/aromatic N) is 3. The SMILES string of the molecule is Cc1csc(Sc2ccc(C(=O)NCc3ncccc3C)cc2[N+](=O)[O-])n1. The van der Waals surface area contributed by atoms with Crippen molar-refractivity contribution in [3.63, 3.8) is 0 Å². The van der Waals surface area contributed by atoms with E-state index in [1.807, 2.05) is 31.4 Å². The molecule has 7 nitrogen and oxygen atoms in total. The number of hydrogen-bond donors (Lipinski definition) is 1. The van der Waals surface area contributed by atoms with Crippen molar-refractivity contribution in [3.05, 3.63) is 74.5 Å². The predicted octanol–water partition coefficient (Wildman–Crippen LogP) is 4.14. The molecule has 0 saturated heterocycles. The van der Waals surface area contributed by atoms with E-state index in [0.29, 0.717) is 4.90 Å². The summed E-state index contributed by atoms with van der Waals surface area (Å²) in [7, 11) is 0. The van der Waals surface area contributed by atoms with Crippen LogP contribution in [0.4, 0.5) is 5.69 Å². The van der Waals surface area contributed by atoms with Crippen molar-refractivity contribution in [1.29, 1.82) is 0 Å². The van der Waals surface area contributed by atoms with Gasteiger partial charge in [-0.1, -0.05) is 17.8 Å². The van der Waals surface area contributed by atoms with Crippen LogP contribution in [-0.2, 0) is 6.54 Å². The molecule has 0 aliphatic rings. The number of benzene rings is 1. The van der Waals surface area contributed by atoms with Gasteiger partial charge in [0.1, 0.15) is 0 Å². The minimum Gasteiger partial charge on any atom is -0.346 e. The third kappa shape index (κ3) is 4.69. The molecule has 0 bridgehead atoms. The fourth-order valence-electron chi connectivity index (χ4n) is 2.33. The van der Waals surface area contributed by atoms with Crippen molar-refractivity contribution < 1.29 is 9.72 Å². The van der Waals surface area contributed by atoms with E-state index in [2.05, 4.69) is 15.3 Å². The van der Waals surface area contributed by atoms with E-state index in [0.717, 1.165) is 21.3 Å². The van der Waals surface area contributed by atoms with Crippen LogP contribution in [0.3, 0.4) is 0 Å². The topological polar surface area (TPSA) is 98.0 Å². The molecule has 0 aliphatic carbocycles. The van der Waals surface area contributed by atoms with Crippen LogP contribution in [0.2, 0.25) is 0 Å². The maximum Gasteiger partial charge on any atom is 0.284 e. The smallest absolute Gasteiger partial charge is 0.284 e. The molecule has 2 aromatic heterocycles. The number of hydrogen-bond acceptors (Lipinski definition) is 7. The van der Waals surface area contributed by atoms with E-state index in [1.165, 1.54) is 29.2 Å². The number of nitro groups is 1. The highest BCUT2D eigenvalue weighted by Gasteiger charge is 2.19. The Morgan fingerprint density at radius 1 is 1.33 bits per heavy atom. The van der Waals surface area contributed by atoms with Crippen LogP contribution in [0.5, 0.6) is 0 Å². The lowest BCUT2D eigenvalue weighted by Crippen LogP contribution is -2.23. The zero-order valence-corrected chi connectivity index (χ0v) is 16.3. The Morgan fingerprint density at radius 2 is 2.15 bits per heavy atom. The molecule has 138 valence electrons. The molecule has 0 atom stereocenters. The molecule has 0 aliphatic heterocycles. The highest BCUT2D eigenvalue weighted by Crippen LogP contribution is 2.36. The Balaban J connectivity index is 1.77. The second kappa shape index (κ2) is 8.28. The summed E-state index contributed by atoms with van der Waals surface area (Å²) in [5.41, 5.74) is 2.70. The van der Waals surface area contributed by atoms with Gasteiger partial charge in [0.05, 0.1) is 22.1 Å². The number of rotatable bonds is 6. The summed E-state index contributed by atoms with van der Waals surface area (Å²) in [4.78, 5) is 32.3. The fraction of sp³-hybridized carbons (Fsp3) is 0.167. The quantitative estimate of drug-likeness (QED) is 0.493. The van der Waals surface area contributed by atoms with Crippen LogP contribution < -0.4 is 5.32 Å². The van der Waals surface area contributed by atoms with Crippen LogP contribution in [0, 0.1) is 24.0 Å². The number of nitro benzene ring substituents is 1. The Hall–Kier alpha value is -2.78. The monoisotopic (exact) mass is 400 g/mol. The molecule has 0 spiro atoms. The normalized spacial score (nSPS) is 10.6. The summed E-state index contributed by atoms with van der Waals surface area (Å²) in [5.74, 6) is -0.384. The number of thiazole rings is 1. The molecule has 0 fully saturated rings. The van der Waals surface area contributed by atoms with Crippen molar-refractivity contribution in [2.45, 2.75) is 29.6 Å². The number of nitrogens with one attached hydrogen (secondary N) is 1. The van der Waals surface area contributed by atoms with Gasteiger partial charge in [0.25, 0.3) is 11.6 Å². The summed E-state index contributed by atoms with van der Waals surface area (Å²) in [6.07, 6.45) is 1.66. The van der Waals surface area contributed by atoms with Crippen molar-refractivity contribution in [3.8, 4) is 0 Å². The Kier molecular flexibility index (Phi) is 5.82. The minimum absolute atomic E-state index is 0.116. The summed E-state index contributed by atoms with van der Waals surface area (Å²) in [5, 5.41) is 16.1. The first-order valence-corrected chi connectivity index (χ1v) is 9.71. The molecular formula is C18H16N4O3S2. The molecular weight excluding hydrogens is 384 g/mol. The minimum atomic E-state index is -0.484. The van der Waals surface area contributed by atoms with E-state index in [9.17, 15) is 14.9 Å². The van der Waals surface area contributed by atoms with E-state index in [1.54, 1.807) is 18.3 Å². The standard InChI is InChI=1S/C18H16N4O3S2/c1-11-4-3-7-19-14(11)9-20-17(23)13-5-6-16(15(8-13)22(24)25)27-18-21-12(2)10-26-18/h3-8,10H,9H2,1-2H3,(H,20,23). The maximum absolute atomic E-state index is 12.4. The first kappa shape index (κ1) is 19.0. The molecule has 2 heterocycles. The van der Waals surface area contributed by atoms with Crippen LogP contribution in [-0.4, -0.2) is 20.8 Å². The van der Waals surface area contributed by atoms with E-state index < -0.39 is 4.92 Å². The van der Waals surface area contributed by atoms with Gasteiger partial charge in [-0.3, -0.25) is 19.9 Å². The van der Waals surface area contributed by atoms with E-state index in [4.69, 9.17) is 0 Å². The molecule has 1 N–H and O–H groups in total. The van der Waals surface area contributed by atoms with Crippen LogP contribution in [0.15, 0.2) is 51.1 Å². The molecule has 3 rings (SSSR count). The van der Waals surface area contributed by atoms with Gasteiger partial charge in [0, 0.05) is 28.9 Å². The van der Waals surface area contributed by atoms with Gasteiger partial charge in [0.15, 0.2) is 4.34 Å². The van der Waals surface area contributed by atoms with Crippen molar-refractivity contribution in [1.82, 2.24) is 15.3 Å². The second-order valence-electron chi connectivity index (χ2n) is 5.75. The molecule has 9 heteroatoms.